The summed E-state index contributed by atoms with van der Waals surface area (Å²) in [6.45, 7) is 1.84. The Hall–Kier alpha value is -0.960. The van der Waals surface area contributed by atoms with Gasteiger partial charge in [0.1, 0.15) is 0 Å². The predicted molar refractivity (Wildman–Crippen MR) is 50.8 cm³/mol. The zero-order chi connectivity index (χ0) is 8.43. The van der Waals surface area contributed by atoms with Crippen LogP contribution < -0.4 is 5.73 Å². The van der Waals surface area contributed by atoms with Gasteiger partial charge in [-0.05, 0) is 30.1 Å². The summed E-state index contributed by atoms with van der Waals surface area (Å²) in [4.78, 5) is 0.822. The maximum Gasteiger partial charge on any atom is 0.0621 e. The van der Waals surface area contributed by atoms with E-state index in [-0.39, 0.29) is 0 Å². The zero-order valence-electron chi connectivity index (χ0n) is 6.26. The van der Waals surface area contributed by atoms with Crippen LogP contribution in [0, 0.1) is 5.41 Å². The van der Waals surface area contributed by atoms with Crippen LogP contribution in [0.15, 0.2) is 34.4 Å². The molecule has 0 heterocycles. The Bertz CT molecular complexity index is 280. The Morgan fingerprint density at radius 1 is 1.55 bits per heavy atom. The molecule has 0 aromatic heterocycles. The van der Waals surface area contributed by atoms with Crippen molar-refractivity contribution in [3.8, 4) is 0 Å². The van der Waals surface area contributed by atoms with Gasteiger partial charge in [0.2, 0.25) is 0 Å². The first-order valence-electron chi connectivity index (χ1n) is 3.25. The summed E-state index contributed by atoms with van der Waals surface area (Å²) in [7, 11) is 0. The van der Waals surface area contributed by atoms with E-state index in [2.05, 4.69) is 12.6 Å². The minimum atomic E-state index is 0.465. The van der Waals surface area contributed by atoms with Gasteiger partial charge in [-0.3, -0.25) is 0 Å². The molecule has 1 aliphatic carbocycles. The van der Waals surface area contributed by atoms with Crippen LogP contribution in [0.25, 0.3) is 0 Å². The summed E-state index contributed by atoms with van der Waals surface area (Å²) >= 11 is 4.15. The van der Waals surface area contributed by atoms with Crippen molar-refractivity contribution in [1.29, 1.82) is 5.41 Å². The molecule has 1 rings (SSSR count). The number of nitrogens with two attached hydrogens (primary N) is 1. The molecule has 0 unspecified atom stereocenters. The Balaban J connectivity index is 3.10. The second-order valence-corrected chi connectivity index (χ2v) is 3.06. The third-order valence-corrected chi connectivity index (χ3v) is 1.67. The van der Waals surface area contributed by atoms with Crippen molar-refractivity contribution in [2.75, 3.05) is 0 Å². The zero-order valence-corrected chi connectivity index (χ0v) is 7.15. The van der Waals surface area contributed by atoms with E-state index in [1.807, 2.05) is 6.92 Å². The lowest BCUT2D eigenvalue weighted by Gasteiger charge is -2.08. The highest BCUT2D eigenvalue weighted by molar-refractivity contribution is 7.84. The normalized spacial score (nSPS) is 21.6. The van der Waals surface area contributed by atoms with Crippen molar-refractivity contribution in [3.63, 3.8) is 0 Å². The average molecular weight is 166 g/mol. The third-order valence-electron chi connectivity index (χ3n) is 1.43. The van der Waals surface area contributed by atoms with E-state index >= 15 is 0 Å². The fraction of sp³-hybridized carbons (Fsp3) is 0.125. The Morgan fingerprint density at radius 3 is 2.64 bits per heavy atom. The van der Waals surface area contributed by atoms with Crippen LogP contribution >= 0.6 is 12.6 Å². The van der Waals surface area contributed by atoms with E-state index in [9.17, 15) is 0 Å². The molecule has 11 heavy (non-hydrogen) atoms. The van der Waals surface area contributed by atoms with Crippen LogP contribution in [0.4, 0.5) is 0 Å². The van der Waals surface area contributed by atoms with Crippen molar-refractivity contribution in [2.24, 2.45) is 5.73 Å². The van der Waals surface area contributed by atoms with Crippen LogP contribution in [-0.2, 0) is 0 Å². The molecule has 3 N–H and O–H groups in total. The van der Waals surface area contributed by atoms with Crippen LogP contribution in [0.1, 0.15) is 6.92 Å². The lowest BCUT2D eigenvalue weighted by atomic mass is 10.0. The molecule has 0 bridgehead atoms. The molecule has 0 aromatic rings. The van der Waals surface area contributed by atoms with Gasteiger partial charge in [-0.2, -0.15) is 0 Å². The first-order valence-corrected chi connectivity index (χ1v) is 3.70. The van der Waals surface area contributed by atoms with Gasteiger partial charge in [-0.1, -0.05) is 0 Å². The highest BCUT2D eigenvalue weighted by Crippen LogP contribution is 2.16. The van der Waals surface area contributed by atoms with Crippen LogP contribution in [0.2, 0.25) is 0 Å². The third kappa shape index (κ3) is 1.74. The summed E-state index contributed by atoms with van der Waals surface area (Å²) in [5.41, 5.74) is 7.47. The molecule has 0 amide bonds. The van der Waals surface area contributed by atoms with E-state index in [1.165, 1.54) is 0 Å². The maximum atomic E-state index is 7.47. The topological polar surface area (TPSA) is 49.9 Å². The van der Waals surface area contributed by atoms with E-state index in [0.29, 0.717) is 11.4 Å². The van der Waals surface area contributed by atoms with Gasteiger partial charge in [-0.15, -0.1) is 12.6 Å². The monoisotopic (exact) mass is 166 g/mol. The molecule has 0 spiro atoms. The number of thiol groups is 1. The molecule has 0 saturated heterocycles. The fourth-order valence-corrected chi connectivity index (χ4v) is 1.05. The van der Waals surface area contributed by atoms with E-state index < -0.39 is 0 Å². The quantitative estimate of drug-likeness (QED) is 0.471. The van der Waals surface area contributed by atoms with Crippen molar-refractivity contribution in [2.45, 2.75) is 6.92 Å². The van der Waals surface area contributed by atoms with Crippen molar-refractivity contribution >= 4 is 18.3 Å². The minimum Gasteiger partial charge on any atom is -0.399 e. The van der Waals surface area contributed by atoms with Gasteiger partial charge in [0.25, 0.3) is 0 Å². The number of nitrogens with one attached hydrogen (secondary N) is 1. The van der Waals surface area contributed by atoms with Gasteiger partial charge in [-0.25, -0.2) is 0 Å². The number of hydrogen-bond acceptors (Lipinski definition) is 3. The van der Waals surface area contributed by atoms with Crippen LogP contribution in [-0.4, -0.2) is 5.71 Å². The van der Waals surface area contributed by atoms with Crippen molar-refractivity contribution in [3.05, 3.63) is 34.4 Å². The largest absolute Gasteiger partial charge is 0.399 e. The van der Waals surface area contributed by atoms with Gasteiger partial charge in [0.15, 0.2) is 0 Å². The molecule has 0 radical (unpaired) electrons. The fourth-order valence-electron chi connectivity index (χ4n) is 0.861. The highest BCUT2D eigenvalue weighted by Gasteiger charge is 2.05. The second-order valence-electron chi connectivity index (χ2n) is 2.39. The Morgan fingerprint density at radius 2 is 2.18 bits per heavy atom. The van der Waals surface area contributed by atoms with Gasteiger partial charge >= 0.3 is 0 Å². The minimum absolute atomic E-state index is 0.465. The van der Waals surface area contributed by atoms with Crippen molar-refractivity contribution in [1.82, 2.24) is 0 Å². The lowest BCUT2D eigenvalue weighted by Crippen LogP contribution is -2.06. The number of hydrogen-bond donors (Lipinski definition) is 3. The Labute approximate surface area is 71.4 Å². The summed E-state index contributed by atoms with van der Waals surface area (Å²) in [5.74, 6) is 0. The number of allylic oxidation sites excluding steroid dienone is 5. The van der Waals surface area contributed by atoms with Gasteiger partial charge in [0.05, 0.1) is 5.71 Å². The molecule has 0 atom stereocenters. The first-order chi connectivity index (χ1) is 5.11. The summed E-state index contributed by atoms with van der Waals surface area (Å²) < 4.78 is 0. The second kappa shape index (κ2) is 2.96. The average Bonchev–Trinajstić information content (AvgIpc) is 1.94. The molecular formula is C8H10N2S. The van der Waals surface area contributed by atoms with Crippen molar-refractivity contribution < 1.29 is 0 Å². The smallest absolute Gasteiger partial charge is 0.0621 e. The SMILES string of the molecule is C/C(S)=C1\C=C(N)C=CC1=N. The molecule has 3 heteroatoms. The molecule has 0 fully saturated rings. The number of rotatable bonds is 0. The molecule has 0 aliphatic heterocycles. The van der Waals surface area contributed by atoms with E-state index in [1.54, 1.807) is 18.2 Å². The summed E-state index contributed by atoms with van der Waals surface area (Å²) in [5, 5.41) is 7.47. The standard InChI is InChI=1S/C8H10N2S/c1-5(11)7-4-6(9)2-3-8(7)10/h2-4,10-11H,9H2,1H3/b7-5-,10-8?. The predicted octanol–water partition coefficient (Wildman–Crippen LogP) is 1.62. The molecule has 0 aromatic carbocycles. The molecule has 2 nitrogen and oxygen atoms in total. The summed E-state index contributed by atoms with van der Waals surface area (Å²) in [6, 6.07) is 0. The molecule has 0 saturated carbocycles. The molecule has 1 aliphatic rings. The van der Waals surface area contributed by atoms with Crippen LogP contribution in [0.3, 0.4) is 0 Å². The van der Waals surface area contributed by atoms with Crippen LogP contribution in [0.5, 0.6) is 0 Å². The highest BCUT2D eigenvalue weighted by atomic mass is 32.1. The molecular weight excluding hydrogens is 156 g/mol. The first kappa shape index (κ1) is 8.14. The maximum absolute atomic E-state index is 7.47. The van der Waals surface area contributed by atoms with Gasteiger partial charge in [0, 0.05) is 11.3 Å². The lowest BCUT2D eigenvalue weighted by molar-refractivity contribution is 1.37. The molecule has 58 valence electrons. The van der Waals surface area contributed by atoms with E-state index in [4.69, 9.17) is 11.1 Å². The van der Waals surface area contributed by atoms with Gasteiger partial charge < -0.3 is 11.1 Å². The van der Waals surface area contributed by atoms with E-state index in [0.717, 1.165) is 10.5 Å². The Kier molecular flexibility index (Phi) is 2.19. The summed E-state index contributed by atoms with van der Waals surface area (Å²) in [6.07, 6.45) is 5.14.